The van der Waals surface area contributed by atoms with Gasteiger partial charge >= 0.3 is 5.97 Å². The summed E-state index contributed by atoms with van der Waals surface area (Å²) in [6, 6.07) is 0. The Kier molecular flexibility index (Phi) is 5.11. The number of carbonyl (C=O) groups excluding carboxylic acids is 2. The lowest BCUT2D eigenvalue weighted by Gasteiger charge is -2.15. The van der Waals surface area contributed by atoms with E-state index in [4.69, 9.17) is 9.26 Å². The molecule has 0 spiro atoms. The van der Waals surface area contributed by atoms with Crippen LogP contribution in [-0.2, 0) is 9.53 Å². The van der Waals surface area contributed by atoms with E-state index >= 15 is 0 Å². The molecule has 1 N–H and O–H groups in total. The Morgan fingerprint density at radius 1 is 1.40 bits per heavy atom. The minimum atomic E-state index is -0.570. The Bertz CT molecular complexity index is 788. The van der Waals surface area contributed by atoms with Crippen molar-refractivity contribution in [2.24, 2.45) is 0 Å². The quantitative estimate of drug-likeness (QED) is 0.593. The van der Waals surface area contributed by atoms with Crippen molar-refractivity contribution >= 4 is 28.8 Å². The molecule has 1 aliphatic rings. The number of hydrogen-bond acceptors (Lipinski definition) is 8. The van der Waals surface area contributed by atoms with E-state index in [1.54, 1.807) is 13.8 Å². The molecule has 1 amide bonds. The number of aromatic nitrogens is 3. The second-order valence-electron chi connectivity index (χ2n) is 5.82. The third-order valence-corrected chi connectivity index (χ3v) is 3.99. The second kappa shape index (κ2) is 7.45. The minimum absolute atomic E-state index is 0.0640. The highest BCUT2D eigenvalue weighted by molar-refractivity contribution is 6.04. The van der Waals surface area contributed by atoms with Gasteiger partial charge in [-0.1, -0.05) is 5.16 Å². The molecule has 3 heterocycles. The number of esters is 1. The Morgan fingerprint density at radius 3 is 2.96 bits per heavy atom. The van der Waals surface area contributed by atoms with Crippen molar-refractivity contribution in [1.29, 1.82) is 0 Å². The normalized spacial score (nSPS) is 14.3. The molecule has 25 heavy (non-hydrogen) atoms. The molecular weight excluding hydrogens is 326 g/mol. The summed E-state index contributed by atoms with van der Waals surface area (Å²) in [6.07, 6.45) is 2.35. The van der Waals surface area contributed by atoms with Gasteiger partial charge in [-0.05, 0) is 26.7 Å². The number of aryl methyl sites for hydroxylation is 1. The molecule has 0 saturated carbocycles. The van der Waals surface area contributed by atoms with Gasteiger partial charge in [-0.2, -0.15) is 4.98 Å². The molecule has 0 unspecified atom stereocenters. The van der Waals surface area contributed by atoms with E-state index in [2.05, 4.69) is 20.4 Å². The lowest BCUT2D eigenvalue weighted by atomic mass is 10.2. The van der Waals surface area contributed by atoms with Gasteiger partial charge in [0.2, 0.25) is 11.6 Å². The molecular formula is C16H21N5O4. The van der Waals surface area contributed by atoms with Crippen molar-refractivity contribution in [1.82, 2.24) is 20.0 Å². The van der Waals surface area contributed by atoms with E-state index in [0.29, 0.717) is 36.5 Å². The number of rotatable bonds is 7. The maximum Gasteiger partial charge on any atom is 0.361 e. The van der Waals surface area contributed by atoms with E-state index in [-0.39, 0.29) is 23.9 Å². The van der Waals surface area contributed by atoms with Crippen LogP contribution in [0.15, 0.2) is 4.52 Å². The maximum absolute atomic E-state index is 12.0. The molecule has 2 aromatic rings. The lowest BCUT2D eigenvalue weighted by molar-refractivity contribution is -0.127. The van der Waals surface area contributed by atoms with Gasteiger partial charge < -0.3 is 19.5 Å². The molecule has 9 nitrogen and oxygen atoms in total. The van der Waals surface area contributed by atoms with Crippen LogP contribution in [0.4, 0.5) is 5.82 Å². The van der Waals surface area contributed by atoms with Gasteiger partial charge in [0.15, 0.2) is 0 Å². The Morgan fingerprint density at radius 2 is 2.24 bits per heavy atom. The summed E-state index contributed by atoms with van der Waals surface area (Å²) in [5, 5.41) is 7.38. The largest absolute Gasteiger partial charge is 0.461 e. The van der Waals surface area contributed by atoms with E-state index < -0.39 is 5.97 Å². The lowest BCUT2D eigenvalue weighted by Crippen LogP contribution is -2.27. The number of nitrogens with zero attached hydrogens (tertiary/aromatic N) is 4. The number of ether oxygens (including phenoxy) is 1. The van der Waals surface area contributed by atoms with Crippen LogP contribution in [0.25, 0.3) is 11.1 Å². The summed E-state index contributed by atoms with van der Waals surface area (Å²) in [5.74, 6) is 0.638. The van der Waals surface area contributed by atoms with E-state index in [1.807, 2.05) is 4.90 Å². The van der Waals surface area contributed by atoms with Crippen molar-refractivity contribution in [3.05, 3.63) is 11.5 Å². The average molecular weight is 347 g/mol. The number of hydrogen-bond donors (Lipinski definition) is 1. The van der Waals surface area contributed by atoms with Crippen LogP contribution >= 0.6 is 0 Å². The molecule has 1 saturated heterocycles. The van der Waals surface area contributed by atoms with Gasteiger partial charge in [0, 0.05) is 26.1 Å². The second-order valence-corrected chi connectivity index (χ2v) is 5.82. The monoisotopic (exact) mass is 347 g/mol. The van der Waals surface area contributed by atoms with Gasteiger partial charge in [-0.25, -0.2) is 9.78 Å². The zero-order chi connectivity index (χ0) is 17.8. The van der Waals surface area contributed by atoms with Crippen molar-refractivity contribution in [2.45, 2.75) is 33.1 Å². The van der Waals surface area contributed by atoms with Gasteiger partial charge in [0.05, 0.1) is 6.61 Å². The Hall–Kier alpha value is -2.71. The standard InChI is InChI=1S/C16H21N5O4/c1-3-24-16(23)13-12-14(18-10(2)19-15(12)25-20-13)17-7-5-9-21-8-4-6-11(21)22/h3-9H2,1-2H3,(H,17,18,19). The Labute approximate surface area is 144 Å². The number of carbonyl (C=O) groups is 2. The highest BCUT2D eigenvalue weighted by Gasteiger charge is 2.23. The number of nitrogens with one attached hydrogen (secondary N) is 1. The van der Waals surface area contributed by atoms with Crippen molar-refractivity contribution in [3.63, 3.8) is 0 Å². The first-order valence-corrected chi connectivity index (χ1v) is 8.43. The summed E-state index contributed by atoms with van der Waals surface area (Å²) >= 11 is 0. The number of anilines is 1. The van der Waals surface area contributed by atoms with Gasteiger partial charge in [-0.15, -0.1) is 0 Å². The highest BCUT2D eigenvalue weighted by Crippen LogP contribution is 2.25. The zero-order valence-electron chi connectivity index (χ0n) is 14.4. The fraction of sp³-hybridized carbons (Fsp3) is 0.562. The van der Waals surface area contributed by atoms with Crippen molar-refractivity contribution in [3.8, 4) is 0 Å². The van der Waals surface area contributed by atoms with E-state index in [1.165, 1.54) is 0 Å². The van der Waals surface area contributed by atoms with Crippen molar-refractivity contribution in [2.75, 3.05) is 31.6 Å². The van der Waals surface area contributed by atoms with Crippen LogP contribution in [0.5, 0.6) is 0 Å². The molecule has 0 aliphatic carbocycles. The molecule has 0 atom stereocenters. The van der Waals surface area contributed by atoms with Crippen molar-refractivity contribution < 1.29 is 18.8 Å². The van der Waals surface area contributed by atoms with E-state index in [9.17, 15) is 9.59 Å². The first-order valence-electron chi connectivity index (χ1n) is 8.43. The molecule has 134 valence electrons. The third kappa shape index (κ3) is 3.70. The van der Waals surface area contributed by atoms with Gasteiger partial charge in [0.1, 0.15) is 17.0 Å². The molecule has 1 aliphatic heterocycles. The highest BCUT2D eigenvalue weighted by atomic mass is 16.5. The summed E-state index contributed by atoms with van der Waals surface area (Å²) in [6.45, 7) is 5.83. The first-order chi connectivity index (χ1) is 12.1. The Balaban J connectivity index is 1.72. The fourth-order valence-electron chi connectivity index (χ4n) is 2.84. The van der Waals surface area contributed by atoms with E-state index in [0.717, 1.165) is 19.4 Å². The first kappa shape index (κ1) is 17.1. The molecule has 1 fully saturated rings. The van der Waals surface area contributed by atoms with Crippen LogP contribution in [0, 0.1) is 6.92 Å². The van der Waals surface area contributed by atoms with Crippen LogP contribution in [0.2, 0.25) is 0 Å². The third-order valence-electron chi connectivity index (χ3n) is 3.99. The summed E-state index contributed by atoms with van der Waals surface area (Å²) in [5.41, 5.74) is 0.307. The summed E-state index contributed by atoms with van der Waals surface area (Å²) in [7, 11) is 0. The number of amides is 1. The summed E-state index contributed by atoms with van der Waals surface area (Å²) in [4.78, 5) is 34.0. The number of fused-ring (bicyclic) bond motifs is 1. The SMILES string of the molecule is CCOC(=O)c1noc2nc(C)nc(NCCCN3CCCC3=O)c12. The van der Waals surface area contributed by atoms with Gasteiger partial charge in [-0.3, -0.25) is 4.79 Å². The number of likely N-dealkylation sites (tertiary alicyclic amines) is 1. The summed E-state index contributed by atoms with van der Waals surface area (Å²) < 4.78 is 10.1. The van der Waals surface area contributed by atoms with Crippen LogP contribution < -0.4 is 5.32 Å². The van der Waals surface area contributed by atoms with Crippen LogP contribution in [-0.4, -0.2) is 58.1 Å². The molecule has 0 bridgehead atoms. The van der Waals surface area contributed by atoms with Gasteiger partial charge in [0.25, 0.3) is 5.71 Å². The fourth-order valence-corrected chi connectivity index (χ4v) is 2.84. The molecule has 3 rings (SSSR count). The predicted octanol–water partition coefficient (Wildman–Crippen LogP) is 1.53. The molecule has 0 radical (unpaired) electrons. The van der Waals surface area contributed by atoms with Crippen LogP contribution in [0.3, 0.4) is 0 Å². The molecule has 0 aromatic carbocycles. The zero-order valence-corrected chi connectivity index (χ0v) is 14.4. The smallest absolute Gasteiger partial charge is 0.361 e. The molecule has 9 heteroatoms. The average Bonchev–Trinajstić information content (AvgIpc) is 3.18. The topological polar surface area (TPSA) is 110 Å². The maximum atomic E-state index is 12.0. The van der Waals surface area contributed by atoms with Crippen LogP contribution in [0.1, 0.15) is 42.5 Å². The minimum Gasteiger partial charge on any atom is -0.461 e. The predicted molar refractivity (Wildman–Crippen MR) is 89.2 cm³/mol. The molecule has 2 aromatic heterocycles.